The second-order valence-corrected chi connectivity index (χ2v) is 8.27. The lowest BCUT2D eigenvalue weighted by Crippen LogP contribution is -2.40. The minimum absolute atomic E-state index is 0.290. The van der Waals surface area contributed by atoms with Gasteiger partial charge in [-0.3, -0.25) is 13.9 Å². The highest BCUT2D eigenvalue weighted by molar-refractivity contribution is 5.75. The highest BCUT2D eigenvalue weighted by Gasteiger charge is 2.19. The molecule has 1 N–H and O–H groups in total. The number of hydrogen-bond acceptors (Lipinski definition) is 5. The van der Waals surface area contributed by atoms with E-state index in [1.54, 1.807) is 10.8 Å². The maximum atomic E-state index is 12.9. The fourth-order valence-corrected chi connectivity index (χ4v) is 4.26. The van der Waals surface area contributed by atoms with E-state index in [0.29, 0.717) is 42.4 Å². The number of nitrogens with zero attached hydrogens (tertiary/aromatic N) is 5. The molecule has 3 aromatic rings. The van der Waals surface area contributed by atoms with Crippen LogP contribution in [0.5, 0.6) is 0 Å². The highest BCUT2D eigenvalue weighted by Crippen LogP contribution is 2.24. The van der Waals surface area contributed by atoms with Crippen LogP contribution < -0.4 is 16.1 Å². The second-order valence-electron chi connectivity index (χ2n) is 8.27. The number of piperidine rings is 1. The van der Waals surface area contributed by atoms with E-state index >= 15 is 0 Å². The molecule has 1 aliphatic rings. The van der Waals surface area contributed by atoms with Crippen LogP contribution in [0, 0.1) is 5.92 Å². The third-order valence-electron chi connectivity index (χ3n) is 5.76. The summed E-state index contributed by atoms with van der Waals surface area (Å²) < 4.78 is 2.90. The van der Waals surface area contributed by atoms with E-state index < -0.39 is 0 Å². The van der Waals surface area contributed by atoms with Crippen molar-refractivity contribution >= 4 is 17.0 Å². The van der Waals surface area contributed by atoms with Crippen molar-refractivity contribution in [1.82, 2.24) is 24.1 Å². The lowest BCUT2D eigenvalue weighted by molar-refractivity contribution is 0.444. The molecule has 0 aromatic carbocycles. The summed E-state index contributed by atoms with van der Waals surface area (Å²) in [4.78, 5) is 40.5. The Bertz CT molecular complexity index is 1140. The number of aromatic nitrogens is 5. The maximum Gasteiger partial charge on any atom is 0.332 e. The SMILES string of the molecule is CCCn1c(=O)c2[nH]c(-c3ccc(N4CCCC(C)C4)nc3)nc2n(CCC)c1=O. The standard InChI is InChI=1S/C22H30N6O2/c1-4-10-27-20-18(21(29)28(11-5-2)22(27)30)24-19(25-20)16-8-9-17(23-13-16)26-12-6-7-15(3)14-26/h8-9,13,15H,4-7,10-12,14H2,1-3H3,(H,24,25). The first-order valence-electron chi connectivity index (χ1n) is 11.0. The van der Waals surface area contributed by atoms with Crippen LogP contribution in [0.25, 0.3) is 22.6 Å². The van der Waals surface area contributed by atoms with E-state index in [9.17, 15) is 9.59 Å². The predicted octanol–water partition coefficient (Wildman–Crippen LogP) is 3.00. The third-order valence-corrected chi connectivity index (χ3v) is 5.76. The van der Waals surface area contributed by atoms with Crippen LogP contribution in [-0.4, -0.2) is 37.2 Å². The van der Waals surface area contributed by atoms with E-state index in [2.05, 4.69) is 26.8 Å². The Morgan fingerprint density at radius 1 is 1.13 bits per heavy atom. The van der Waals surface area contributed by atoms with Gasteiger partial charge in [0.2, 0.25) is 0 Å². The number of hydrogen-bond donors (Lipinski definition) is 1. The molecule has 1 fully saturated rings. The number of H-pyrrole nitrogens is 1. The van der Waals surface area contributed by atoms with Gasteiger partial charge in [0.05, 0.1) is 0 Å². The Morgan fingerprint density at radius 3 is 2.57 bits per heavy atom. The summed E-state index contributed by atoms with van der Waals surface area (Å²) >= 11 is 0. The van der Waals surface area contributed by atoms with Gasteiger partial charge in [0.1, 0.15) is 17.2 Å². The van der Waals surface area contributed by atoms with Gasteiger partial charge in [0.15, 0.2) is 5.65 Å². The molecular formula is C22H30N6O2. The van der Waals surface area contributed by atoms with Crippen molar-refractivity contribution in [3.63, 3.8) is 0 Å². The number of aryl methyl sites for hydroxylation is 1. The lowest BCUT2D eigenvalue weighted by Gasteiger charge is -2.31. The Balaban J connectivity index is 1.74. The molecule has 3 aromatic heterocycles. The van der Waals surface area contributed by atoms with Gasteiger partial charge in [-0.15, -0.1) is 0 Å². The van der Waals surface area contributed by atoms with Gasteiger partial charge in [-0.1, -0.05) is 20.8 Å². The lowest BCUT2D eigenvalue weighted by atomic mass is 10.0. The molecule has 4 rings (SSSR count). The van der Waals surface area contributed by atoms with E-state index in [0.717, 1.165) is 30.9 Å². The van der Waals surface area contributed by atoms with Crippen LogP contribution in [0.2, 0.25) is 0 Å². The predicted molar refractivity (Wildman–Crippen MR) is 119 cm³/mol. The molecule has 1 aliphatic heterocycles. The van der Waals surface area contributed by atoms with E-state index in [-0.39, 0.29) is 11.2 Å². The fraction of sp³-hybridized carbons (Fsp3) is 0.545. The molecule has 0 spiro atoms. The van der Waals surface area contributed by atoms with E-state index in [1.165, 1.54) is 17.4 Å². The number of anilines is 1. The zero-order chi connectivity index (χ0) is 21.3. The van der Waals surface area contributed by atoms with Gasteiger partial charge < -0.3 is 9.88 Å². The van der Waals surface area contributed by atoms with Crippen molar-refractivity contribution < 1.29 is 0 Å². The molecule has 0 bridgehead atoms. The van der Waals surface area contributed by atoms with Crippen molar-refractivity contribution in [2.75, 3.05) is 18.0 Å². The molecule has 1 atom stereocenters. The number of rotatable bonds is 6. The number of fused-ring (bicyclic) bond motifs is 1. The molecule has 0 amide bonds. The van der Waals surface area contributed by atoms with Gasteiger partial charge in [-0.2, -0.15) is 0 Å². The summed E-state index contributed by atoms with van der Waals surface area (Å²) in [6.45, 7) is 9.21. The van der Waals surface area contributed by atoms with Crippen LogP contribution >= 0.6 is 0 Å². The third kappa shape index (κ3) is 3.66. The molecule has 0 radical (unpaired) electrons. The minimum atomic E-state index is -0.310. The van der Waals surface area contributed by atoms with E-state index in [4.69, 9.17) is 0 Å². The molecule has 8 nitrogen and oxygen atoms in total. The summed E-state index contributed by atoms with van der Waals surface area (Å²) in [7, 11) is 0. The van der Waals surface area contributed by atoms with E-state index in [1.807, 2.05) is 26.0 Å². The Morgan fingerprint density at radius 2 is 1.90 bits per heavy atom. The average Bonchev–Trinajstić information content (AvgIpc) is 3.20. The summed E-state index contributed by atoms with van der Waals surface area (Å²) in [6, 6.07) is 3.99. The topological polar surface area (TPSA) is 88.8 Å². The Labute approximate surface area is 175 Å². The van der Waals surface area contributed by atoms with Gasteiger partial charge in [0.25, 0.3) is 5.56 Å². The normalized spacial score (nSPS) is 17.0. The molecule has 4 heterocycles. The number of aromatic amines is 1. The maximum absolute atomic E-state index is 12.9. The van der Waals surface area contributed by atoms with Crippen LogP contribution in [-0.2, 0) is 13.1 Å². The molecule has 1 unspecified atom stereocenters. The Kier molecular flexibility index (Phi) is 5.74. The molecule has 30 heavy (non-hydrogen) atoms. The first-order chi connectivity index (χ1) is 14.5. The molecule has 0 saturated carbocycles. The largest absolute Gasteiger partial charge is 0.356 e. The van der Waals surface area contributed by atoms with Crippen LogP contribution in [0.15, 0.2) is 27.9 Å². The second kappa shape index (κ2) is 8.45. The molecule has 1 saturated heterocycles. The number of imidazole rings is 1. The quantitative estimate of drug-likeness (QED) is 0.675. The Hall–Kier alpha value is -2.90. The zero-order valence-corrected chi connectivity index (χ0v) is 18.0. The highest BCUT2D eigenvalue weighted by atomic mass is 16.2. The number of nitrogens with one attached hydrogen (secondary N) is 1. The van der Waals surface area contributed by atoms with Gasteiger partial charge in [0, 0.05) is 37.9 Å². The summed E-state index contributed by atoms with van der Waals surface area (Å²) in [5, 5.41) is 0. The molecule has 0 aliphatic carbocycles. The van der Waals surface area contributed by atoms with Gasteiger partial charge >= 0.3 is 5.69 Å². The average molecular weight is 411 g/mol. The van der Waals surface area contributed by atoms with Crippen LogP contribution in [0.4, 0.5) is 5.82 Å². The van der Waals surface area contributed by atoms with Crippen molar-refractivity contribution in [3.8, 4) is 11.4 Å². The van der Waals surface area contributed by atoms with Crippen molar-refractivity contribution in [1.29, 1.82) is 0 Å². The minimum Gasteiger partial charge on any atom is -0.356 e. The molecule has 160 valence electrons. The monoisotopic (exact) mass is 410 g/mol. The zero-order valence-electron chi connectivity index (χ0n) is 18.0. The molecule has 8 heteroatoms. The summed E-state index contributed by atoms with van der Waals surface area (Å²) in [6.07, 6.45) is 5.75. The van der Waals surface area contributed by atoms with Crippen molar-refractivity contribution in [3.05, 3.63) is 39.2 Å². The number of pyridine rings is 1. The van der Waals surface area contributed by atoms with Gasteiger partial charge in [-0.25, -0.2) is 14.8 Å². The van der Waals surface area contributed by atoms with Crippen LogP contribution in [0.3, 0.4) is 0 Å². The first kappa shape index (κ1) is 20.4. The van der Waals surface area contributed by atoms with Crippen molar-refractivity contribution in [2.45, 2.75) is 59.5 Å². The fourth-order valence-electron chi connectivity index (χ4n) is 4.26. The van der Waals surface area contributed by atoms with Gasteiger partial charge in [-0.05, 0) is 43.7 Å². The summed E-state index contributed by atoms with van der Waals surface area (Å²) in [5.41, 5.74) is 0.997. The van der Waals surface area contributed by atoms with Crippen LogP contribution in [0.1, 0.15) is 46.5 Å². The molecular weight excluding hydrogens is 380 g/mol. The van der Waals surface area contributed by atoms with Crippen molar-refractivity contribution in [2.24, 2.45) is 5.92 Å². The smallest absolute Gasteiger partial charge is 0.332 e. The summed E-state index contributed by atoms with van der Waals surface area (Å²) in [5.74, 6) is 2.21. The first-order valence-corrected chi connectivity index (χ1v) is 11.0.